The summed E-state index contributed by atoms with van der Waals surface area (Å²) in [6.45, 7) is 18.1. The molecule has 3 N–H and O–H groups in total. The second-order valence-corrected chi connectivity index (χ2v) is 13.4. The molecule has 0 unspecified atom stereocenters. The van der Waals surface area contributed by atoms with Crippen LogP contribution in [0.15, 0.2) is 41.7 Å². The lowest BCUT2D eigenvalue weighted by molar-refractivity contribution is 0.0305. The van der Waals surface area contributed by atoms with Crippen LogP contribution in [0.1, 0.15) is 73.6 Å². The summed E-state index contributed by atoms with van der Waals surface area (Å²) in [7, 11) is 0. The average molecular weight is 643 g/mol. The number of hydrogen-bond donors (Lipinski definition) is 2. The molecule has 1 saturated heterocycles. The van der Waals surface area contributed by atoms with Crippen molar-refractivity contribution in [2.24, 2.45) is 4.99 Å². The van der Waals surface area contributed by atoms with Crippen LogP contribution in [0.5, 0.6) is 5.75 Å². The number of unbranched alkanes of at least 4 members (excludes halogenated alkanes) is 4. The van der Waals surface area contributed by atoms with E-state index in [0.717, 1.165) is 87.7 Å². The Morgan fingerprint density at radius 1 is 0.913 bits per heavy atom. The quantitative estimate of drug-likeness (QED) is 0.117. The lowest BCUT2D eigenvalue weighted by Crippen LogP contribution is -2.47. The first-order chi connectivity index (χ1) is 21.8. The number of nitrogens with zero attached hydrogens (tertiary/aromatic N) is 6. The first kappa shape index (κ1) is 36.8. The van der Waals surface area contributed by atoms with Crippen LogP contribution < -0.4 is 15.9 Å². The number of hydrogen-bond acceptors (Lipinski definition) is 10. The highest BCUT2D eigenvalue weighted by Gasteiger charge is 2.22. The summed E-state index contributed by atoms with van der Waals surface area (Å²) in [5, 5.41) is 1.11. The third-order valence-electron chi connectivity index (χ3n) is 7.12. The van der Waals surface area contributed by atoms with Crippen molar-refractivity contribution in [3.63, 3.8) is 0 Å². The van der Waals surface area contributed by atoms with Gasteiger partial charge in [-0.2, -0.15) is 10.0 Å². The van der Waals surface area contributed by atoms with E-state index in [9.17, 15) is 9.59 Å². The number of benzene rings is 1. The van der Waals surface area contributed by atoms with Gasteiger partial charge in [-0.25, -0.2) is 20.0 Å². The third kappa shape index (κ3) is 14.2. The van der Waals surface area contributed by atoms with E-state index in [1.165, 1.54) is 6.42 Å². The maximum Gasteiger partial charge on any atom is 0.435 e. The fourth-order valence-corrected chi connectivity index (χ4v) is 4.81. The zero-order valence-electron chi connectivity index (χ0n) is 28.5. The number of nitrogen functional groups attached to an aromatic ring is 1. The Labute approximate surface area is 274 Å². The largest absolute Gasteiger partial charge is 0.492 e. The van der Waals surface area contributed by atoms with E-state index in [4.69, 9.17) is 19.9 Å². The number of amides is 2. The molecule has 13 nitrogen and oxygen atoms in total. The minimum atomic E-state index is -0.769. The van der Waals surface area contributed by atoms with Crippen molar-refractivity contribution < 1.29 is 23.8 Å². The fourth-order valence-electron chi connectivity index (χ4n) is 4.81. The monoisotopic (exact) mass is 642 g/mol. The summed E-state index contributed by atoms with van der Waals surface area (Å²) in [6.07, 6.45) is 8.61. The van der Waals surface area contributed by atoms with E-state index in [1.54, 1.807) is 47.7 Å². The molecule has 1 aromatic heterocycles. The maximum absolute atomic E-state index is 12.6. The van der Waals surface area contributed by atoms with Crippen molar-refractivity contribution in [1.29, 1.82) is 0 Å². The van der Waals surface area contributed by atoms with E-state index < -0.39 is 23.4 Å². The van der Waals surface area contributed by atoms with Gasteiger partial charge in [0.25, 0.3) is 0 Å². The summed E-state index contributed by atoms with van der Waals surface area (Å²) >= 11 is 0. The standard InChI is InChI=1S/C33H54N8O5/c1-32(2,3)45-30(42)36-26-41(31(43)46-33(4,5)6)37-16-10-8-7-9-11-18-38-20-22-39(23-21-38)24-25-44-28-14-12-27(13-15-28)40-19-17-35-29(40)34/h12-15,17,19,26,37H,7-11,16,18,20-25H2,1-6H3,(H2,34,35)/b36-26+. The molecule has 1 aliphatic rings. The number of anilines is 1. The zero-order valence-corrected chi connectivity index (χ0v) is 28.5. The Morgan fingerprint density at radius 2 is 1.52 bits per heavy atom. The number of piperazine rings is 1. The summed E-state index contributed by atoms with van der Waals surface area (Å²) < 4.78 is 18.4. The lowest BCUT2D eigenvalue weighted by atomic mass is 10.1. The minimum absolute atomic E-state index is 0.465. The SMILES string of the molecule is CC(C)(C)OC(=O)/N=C/N(NCCCCCCCN1CCN(CCOc2ccc(-n3ccnc3N)cc2)CC1)C(=O)OC(C)(C)C. The number of carbonyl (C=O) groups is 2. The van der Waals surface area contributed by atoms with Gasteiger partial charge in [0.1, 0.15) is 29.9 Å². The minimum Gasteiger partial charge on any atom is -0.492 e. The second-order valence-electron chi connectivity index (χ2n) is 13.4. The average Bonchev–Trinajstić information content (AvgIpc) is 3.41. The topological polar surface area (TPSA) is 140 Å². The third-order valence-corrected chi connectivity index (χ3v) is 7.12. The van der Waals surface area contributed by atoms with Gasteiger partial charge in [0.2, 0.25) is 5.95 Å². The number of nitrogens with one attached hydrogen (secondary N) is 1. The molecule has 0 radical (unpaired) electrons. The molecule has 2 amide bonds. The zero-order chi connectivity index (χ0) is 33.6. The highest BCUT2D eigenvalue weighted by atomic mass is 16.6. The van der Waals surface area contributed by atoms with Crippen LogP contribution in [0.4, 0.5) is 15.5 Å². The Bertz CT molecular complexity index is 1230. The molecule has 2 aromatic rings. The van der Waals surface area contributed by atoms with Gasteiger partial charge in [-0.05, 0) is 85.2 Å². The predicted molar refractivity (Wildman–Crippen MR) is 180 cm³/mol. The van der Waals surface area contributed by atoms with Crippen molar-refractivity contribution in [2.75, 3.05) is 58.2 Å². The predicted octanol–water partition coefficient (Wildman–Crippen LogP) is 5.11. The molecular formula is C33H54N8O5. The smallest absolute Gasteiger partial charge is 0.435 e. The van der Waals surface area contributed by atoms with E-state index >= 15 is 0 Å². The number of ether oxygens (including phenoxy) is 3. The Hall–Kier alpha value is -3.68. The molecular weight excluding hydrogens is 588 g/mol. The molecule has 256 valence electrons. The van der Waals surface area contributed by atoms with Gasteiger partial charge >= 0.3 is 12.2 Å². The number of hydrazine groups is 1. The molecule has 0 spiro atoms. The van der Waals surface area contributed by atoms with Crippen LogP contribution in [0.3, 0.4) is 0 Å². The highest BCUT2D eigenvalue weighted by Crippen LogP contribution is 2.18. The molecule has 0 bridgehead atoms. The van der Waals surface area contributed by atoms with Crippen LogP contribution >= 0.6 is 0 Å². The Balaban J connectivity index is 1.24. The number of aromatic nitrogens is 2. The van der Waals surface area contributed by atoms with Gasteiger partial charge in [-0.3, -0.25) is 9.47 Å². The van der Waals surface area contributed by atoms with Gasteiger partial charge in [0, 0.05) is 57.3 Å². The summed E-state index contributed by atoms with van der Waals surface area (Å²) in [5.74, 6) is 1.32. The van der Waals surface area contributed by atoms with Gasteiger partial charge in [-0.15, -0.1) is 0 Å². The first-order valence-electron chi connectivity index (χ1n) is 16.3. The van der Waals surface area contributed by atoms with Crippen LogP contribution in [0, 0.1) is 0 Å². The van der Waals surface area contributed by atoms with E-state index in [-0.39, 0.29) is 0 Å². The fraction of sp³-hybridized carbons (Fsp3) is 0.636. The maximum atomic E-state index is 12.6. The molecule has 13 heteroatoms. The lowest BCUT2D eigenvalue weighted by Gasteiger charge is -2.34. The van der Waals surface area contributed by atoms with E-state index in [0.29, 0.717) is 19.1 Å². The number of aliphatic imine (C=N–C) groups is 1. The molecule has 0 aliphatic carbocycles. The van der Waals surface area contributed by atoms with Gasteiger partial charge < -0.3 is 24.8 Å². The van der Waals surface area contributed by atoms with Crippen molar-refractivity contribution >= 4 is 24.5 Å². The molecule has 2 heterocycles. The summed E-state index contributed by atoms with van der Waals surface area (Å²) in [6, 6.07) is 7.89. The van der Waals surface area contributed by atoms with E-state index in [2.05, 4.69) is 25.2 Å². The molecule has 0 atom stereocenters. The molecule has 0 saturated carbocycles. The molecule has 46 heavy (non-hydrogen) atoms. The normalized spacial score (nSPS) is 14.8. The molecule has 1 fully saturated rings. The number of rotatable bonds is 15. The summed E-state index contributed by atoms with van der Waals surface area (Å²) in [4.78, 5) is 37.4. The van der Waals surface area contributed by atoms with Gasteiger partial charge in [-0.1, -0.05) is 19.3 Å². The first-order valence-corrected chi connectivity index (χ1v) is 16.3. The Morgan fingerprint density at radius 3 is 2.13 bits per heavy atom. The van der Waals surface area contributed by atoms with Crippen molar-refractivity contribution in [2.45, 2.75) is 84.8 Å². The van der Waals surface area contributed by atoms with Crippen LogP contribution in [0.2, 0.25) is 0 Å². The second kappa shape index (κ2) is 17.9. The highest BCUT2D eigenvalue weighted by molar-refractivity contribution is 5.87. The molecule has 3 rings (SSSR count). The number of carbonyl (C=O) groups excluding carboxylic acids is 2. The van der Waals surface area contributed by atoms with Crippen molar-refractivity contribution in [3.05, 3.63) is 36.7 Å². The molecule has 1 aromatic carbocycles. The number of nitrogens with two attached hydrogens (primary N) is 1. The van der Waals surface area contributed by atoms with Crippen LogP contribution in [-0.2, 0) is 9.47 Å². The Kier molecular flexibility index (Phi) is 14.3. The van der Waals surface area contributed by atoms with Gasteiger partial charge in [0.15, 0.2) is 0 Å². The van der Waals surface area contributed by atoms with Crippen molar-refractivity contribution in [1.82, 2.24) is 29.8 Å². The van der Waals surface area contributed by atoms with E-state index in [1.807, 2.05) is 35.0 Å². The molecule has 1 aliphatic heterocycles. The van der Waals surface area contributed by atoms with Crippen LogP contribution in [0.25, 0.3) is 5.69 Å². The summed E-state index contributed by atoms with van der Waals surface area (Å²) in [5.41, 5.74) is 8.50. The van der Waals surface area contributed by atoms with Gasteiger partial charge in [0.05, 0.1) is 0 Å². The van der Waals surface area contributed by atoms with Crippen molar-refractivity contribution in [3.8, 4) is 11.4 Å². The number of imidazole rings is 1. The van der Waals surface area contributed by atoms with Crippen LogP contribution in [-0.4, -0.2) is 107 Å².